The molecule has 0 saturated carbocycles. The van der Waals surface area contributed by atoms with Crippen LogP contribution in [-0.2, 0) is 6.54 Å². The van der Waals surface area contributed by atoms with Crippen LogP contribution in [0.25, 0.3) is 0 Å². The van der Waals surface area contributed by atoms with Crippen molar-refractivity contribution in [3.8, 4) is 0 Å². The first kappa shape index (κ1) is 14.5. The van der Waals surface area contributed by atoms with Crippen LogP contribution in [0.1, 0.15) is 30.9 Å². The fourth-order valence-electron chi connectivity index (χ4n) is 2.68. The molecule has 3 heteroatoms. The lowest BCUT2D eigenvalue weighted by Crippen LogP contribution is -2.40. The number of nitrogens with one attached hydrogen (secondary N) is 1. The van der Waals surface area contributed by atoms with Crippen molar-refractivity contribution in [2.45, 2.75) is 45.3 Å². The Balaban J connectivity index is 2.03. The van der Waals surface area contributed by atoms with Gasteiger partial charge in [-0.3, -0.25) is 4.90 Å². The highest BCUT2D eigenvalue weighted by molar-refractivity contribution is 5.21. The summed E-state index contributed by atoms with van der Waals surface area (Å²) in [5.41, 5.74) is 2.67. The van der Waals surface area contributed by atoms with E-state index in [-0.39, 0.29) is 6.61 Å². The van der Waals surface area contributed by atoms with Crippen LogP contribution in [0.5, 0.6) is 0 Å². The first-order valence-corrected chi connectivity index (χ1v) is 7.33. The monoisotopic (exact) mass is 262 g/mol. The number of benzene rings is 1. The number of aliphatic hydroxyl groups excluding tert-OH is 1. The van der Waals surface area contributed by atoms with Crippen molar-refractivity contribution < 1.29 is 5.11 Å². The second kappa shape index (κ2) is 7.04. The molecule has 2 unspecified atom stereocenters. The maximum atomic E-state index is 9.24. The molecule has 2 rings (SSSR count). The summed E-state index contributed by atoms with van der Waals surface area (Å²) in [5, 5.41) is 12.8. The minimum absolute atomic E-state index is 0.269. The van der Waals surface area contributed by atoms with Crippen molar-refractivity contribution in [3.05, 3.63) is 35.4 Å². The fourth-order valence-corrected chi connectivity index (χ4v) is 2.68. The van der Waals surface area contributed by atoms with Crippen molar-refractivity contribution in [2.75, 3.05) is 19.7 Å². The van der Waals surface area contributed by atoms with Crippen LogP contribution in [-0.4, -0.2) is 41.8 Å². The first-order chi connectivity index (χ1) is 9.19. The molecule has 2 N–H and O–H groups in total. The molecule has 1 heterocycles. The summed E-state index contributed by atoms with van der Waals surface area (Å²) < 4.78 is 0. The number of nitrogens with zero attached hydrogens (tertiary/aromatic N) is 1. The van der Waals surface area contributed by atoms with Crippen LogP contribution in [0.4, 0.5) is 0 Å². The predicted octanol–water partition coefficient (Wildman–Crippen LogP) is 1.93. The van der Waals surface area contributed by atoms with E-state index in [1.807, 2.05) is 0 Å². The van der Waals surface area contributed by atoms with Gasteiger partial charge >= 0.3 is 0 Å². The highest BCUT2D eigenvalue weighted by Crippen LogP contribution is 2.15. The third-order valence-corrected chi connectivity index (χ3v) is 4.04. The van der Waals surface area contributed by atoms with E-state index in [1.165, 1.54) is 17.5 Å². The van der Waals surface area contributed by atoms with Gasteiger partial charge in [-0.25, -0.2) is 0 Å². The van der Waals surface area contributed by atoms with E-state index in [1.54, 1.807) is 0 Å². The lowest BCUT2D eigenvalue weighted by atomic mass is 10.1. The van der Waals surface area contributed by atoms with Crippen molar-refractivity contribution in [1.82, 2.24) is 10.2 Å². The summed E-state index contributed by atoms with van der Waals surface area (Å²) in [6.45, 7) is 7.70. The maximum absolute atomic E-state index is 9.24. The van der Waals surface area contributed by atoms with Gasteiger partial charge in [0, 0.05) is 38.3 Å². The van der Waals surface area contributed by atoms with E-state index in [2.05, 4.69) is 48.3 Å². The molecule has 0 radical (unpaired) electrons. The van der Waals surface area contributed by atoms with Gasteiger partial charge in [0.1, 0.15) is 0 Å². The number of rotatable bonds is 4. The zero-order valence-electron chi connectivity index (χ0n) is 12.1. The highest BCUT2D eigenvalue weighted by Gasteiger charge is 2.22. The molecular weight excluding hydrogens is 236 g/mol. The minimum Gasteiger partial charge on any atom is -0.396 e. The number of hydrogen-bond donors (Lipinski definition) is 2. The second-order valence-corrected chi connectivity index (χ2v) is 5.72. The SMILES string of the molecule is Cc1ccc(CN2CCC(C)NCC2CCO)cc1. The third kappa shape index (κ3) is 4.30. The Bertz CT molecular complexity index is 377. The normalized spacial score (nSPS) is 25.2. The summed E-state index contributed by atoms with van der Waals surface area (Å²) >= 11 is 0. The smallest absolute Gasteiger partial charge is 0.0446 e. The highest BCUT2D eigenvalue weighted by atomic mass is 16.3. The molecule has 0 spiro atoms. The summed E-state index contributed by atoms with van der Waals surface area (Å²) in [6, 6.07) is 9.80. The first-order valence-electron chi connectivity index (χ1n) is 7.33. The average molecular weight is 262 g/mol. The van der Waals surface area contributed by atoms with Crippen LogP contribution in [0, 0.1) is 6.92 Å². The molecule has 0 aliphatic carbocycles. The van der Waals surface area contributed by atoms with Crippen molar-refractivity contribution in [1.29, 1.82) is 0 Å². The Morgan fingerprint density at radius 3 is 2.74 bits per heavy atom. The van der Waals surface area contributed by atoms with E-state index >= 15 is 0 Å². The van der Waals surface area contributed by atoms with Gasteiger partial charge in [-0.1, -0.05) is 29.8 Å². The van der Waals surface area contributed by atoms with Gasteiger partial charge in [0.25, 0.3) is 0 Å². The molecule has 0 bridgehead atoms. The topological polar surface area (TPSA) is 35.5 Å². The Labute approximate surface area is 116 Å². The van der Waals surface area contributed by atoms with Gasteiger partial charge in [-0.05, 0) is 32.3 Å². The van der Waals surface area contributed by atoms with Gasteiger partial charge in [0.2, 0.25) is 0 Å². The minimum atomic E-state index is 0.269. The van der Waals surface area contributed by atoms with Crippen LogP contribution in [0.15, 0.2) is 24.3 Å². The van der Waals surface area contributed by atoms with E-state index in [9.17, 15) is 5.11 Å². The van der Waals surface area contributed by atoms with Crippen LogP contribution in [0.2, 0.25) is 0 Å². The van der Waals surface area contributed by atoms with E-state index in [4.69, 9.17) is 0 Å². The van der Waals surface area contributed by atoms with Gasteiger partial charge < -0.3 is 10.4 Å². The maximum Gasteiger partial charge on any atom is 0.0446 e. The van der Waals surface area contributed by atoms with Gasteiger partial charge in [-0.15, -0.1) is 0 Å². The lowest BCUT2D eigenvalue weighted by Gasteiger charge is -2.29. The molecule has 1 aromatic rings. The summed E-state index contributed by atoms with van der Waals surface area (Å²) in [6.07, 6.45) is 2.03. The number of hydrogen-bond acceptors (Lipinski definition) is 3. The molecule has 2 atom stereocenters. The molecule has 1 aromatic carbocycles. The average Bonchev–Trinajstić information content (AvgIpc) is 2.57. The van der Waals surface area contributed by atoms with Crippen molar-refractivity contribution in [2.24, 2.45) is 0 Å². The number of aryl methyl sites for hydroxylation is 1. The van der Waals surface area contributed by atoms with Crippen LogP contribution in [0.3, 0.4) is 0 Å². The Kier molecular flexibility index (Phi) is 5.37. The molecule has 0 amide bonds. The van der Waals surface area contributed by atoms with Crippen molar-refractivity contribution in [3.63, 3.8) is 0 Å². The van der Waals surface area contributed by atoms with Crippen LogP contribution >= 0.6 is 0 Å². The van der Waals surface area contributed by atoms with Crippen molar-refractivity contribution >= 4 is 0 Å². The van der Waals surface area contributed by atoms with Gasteiger partial charge in [-0.2, -0.15) is 0 Å². The van der Waals surface area contributed by atoms with E-state index < -0.39 is 0 Å². The van der Waals surface area contributed by atoms with Gasteiger partial charge in [0.15, 0.2) is 0 Å². The standard InChI is InChI=1S/C16H26N2O/c1-13-3-5-15(6-4-13)12-18-9-7-14(2)17-11-16(18)8-10-19/h3-6,14,16-17,19H,7-12H2,1-2H3. The second-order valence-electron chi connectivity index (χ2n) is 5.72. The zero-order valence-corrected chi connectivity index (χ0v) is 12.1. The van der Waals surface area contributed by atoms with Crippen LogP contribution < -0.4 is 5.32 Å². The van der Waals surface area contributed by atoms with E-state index in [0.717, 1.165) is 26.1 Å². The summed E-state index contributed by atoms with van der Waals surface area (Å²) in [4.78, 5) is 2.51. The fraction of sp³-hybridized carbons (Fsp3) is 0.625. The molecule has 106 valence electrons. The Morgan fingerprint density at radius 2 is 2.05 bits per heavy atom. The molecule has 0 aromatic heterocycles. The quantitative estimate of drug-likeness (QED) is 0.870. The largest absolute Gasteiger partial charge is 0.396 e. The predicted molar refractivity (Wildman–Crippen MR) is 79.2 cm³/mol. The summed E-state index contributed by atoms with van der Waals surface area (Å²) in [7, 11) is 0. The molecule has 3 nitrogen and oxygen atoms in total. The molecule has 1 saturated heterocycles. The van der Waals surface area contributed by atoms with Gasteiger partial charge in [0.05, 0.1) is 0 Å². The molecule has 1 fully saturated rings. The zero-order chi connectivity index (χ0) is 13.7. The molecule has 19 heavy (non-hydrogen) atoms. The Hall–Kier alpha value is -0.900. The molecule has 1 aliphatic rings. The lowest BCUT2D eigenvalue weighted by molar-refractivity contribution is 0.159. The Morgan fingerprint density at radius 1 is 1.32 bits per heavy atom. The summed E-state index contributed by atoms with van der Waals surface area (Å²) in [5.74, 6) is 0. The molecular formula is C16H26N2O. The van der Waals surface area contributed by atoms with E-state index in [0.29, 0.717) is 12.1 Å². The third-order valence-electron chi connectivity index (χ3n) is 4.04. The number of aliphatic hydroxyl groups is 1. The molecule has 1 aliphatic heterocycles.